The molecule has 2 nitrogen and oxygen atoms in total. The lowest BCUT2D eigenvalue weighted by atomic mass is 10.1. The van der Waals surface area contributed by atoms with Gasteiger partial charge in [-0.2, -0.15) is 0 Å². The average molecular weight is 324 g/mol. The van der Waals surface area contributed by atoms with Gasteiger partial charge in [-0.3, -0.25) is 0 Å². The molecule has 0 spiro atoms. The second-order valence-electron chi connectivity index (χ2n) is 4.48. The van der Waals surface area contributed by atoms with E-state index in [2.05, 4.69) is 15.9 Å². The third-order valence-electron chi connectivity index (χ3n) is 2.82. The molecule has 0 saturated carbocycles. The van der Waals surface area contributed by atoms with Crippen LogP contribution in [-0.2, 0) is 0 Å². The van der Waals surface area contributed by atoms with Gasteiger partial charge in [0.25, 0.3) is 0 Å². The maximum Gasteiger partial charge on any atom is 0.132 e. The summed E-state index contributed by atoms with van der Waals surface area (Å²) in [6.45, 7) is 3.78. The molecule has 100 valence electrons. The lowest BCUT2D eigenvalue weighted by Gasteiger charge is -2.14. The van der Waals surface area contributed by atoms with Crippen molar-refractivity contribution in [3.8, 4) is 11.5 Å². The van der Waals surface area contributed by atoms with Crippen molar-refractivity contribution in [2.75, 3.05) is 0 Å². The van der Waals surface area contributed by atoms with Gasteiger partial charge in [0.1, 0.15) is 17.3 Å². The van der Waals surface area contributed by atoms with Gasteiger partial charge in [0.05, 0.1) is 0 Å². The van der Waals surface area contributed by atoms with Crippen LogP contribution < -0.4 is 10.5 Å². The summed E-state index contributed by atoms with van der Waals surface area (Å²) >= 11 is 3.44. The van der Waals surface area contributed by atoms with Gasteiger partial charge in [0.2, 0.25) is 0 Å². The first-order chi connectivity index (χ1) is 8.97. The molecule has 0 aliphatic rings. The molecule has 0 bridgehead atoms. The van der Waals surface area contributed by atoms with Crippen LogP contribution in [0.2, 0.25) is 0 Å². The van der Waals surface area contributed by atoms with Crippen LogP contribution in [0.1, 0.15) is 24.1 Å². The van der Waals surface area contributed by atoms with Gasteiger partial charge in [0.15, 0.2) is 0 Å². The quantitative estimate of drug-likeness (QED) is 0.887. The Labute approximate surface area is 120 Å². The Morgan fingerprint density at radius 2 is 1.95 bits per heavy atom. The minimum Gasteiger partial charge on any atom is -0.457 e. The molecule has 4 heteroatoms. The van der Waals surface area contributed by atoms with Crippen LogP contribution >= 0.6 is 15.9 Å². The monoisotopic (exact) mass is 323 g/mol. The van der Waals surface area contributed by atoms with Gasteiger partial charge in [-0.1, -0.05) is 15.9 Å². The topological polar surface area (TPSA) is 35.2 Å². The summed E-state index contributed by atoms with van der Waals surface area (Å²) in [6.07, 6.45) is 0. The Morgan fingerprint density at radius 3 is 2.58 bits per heavy atom. The predicted molar refractivity (Wildman–Crippen MR) is 78.0 cm³/mol. The molecule has 2 N–H and O–H groups in total. The van der Waals surface area contributed by atoms with Gasteiger partial charge >= 0.3 is 0 Å². The van der Waals surface area contributed by atoms with Crippen molar-refractivity contribution in [1.82, 2.24) is 0 Å². The predicted octanol–water partition coefficient (Wildman–Crippen LogP) is 4.71. The normalized spacial score (nSPS) is 12.3. The zero-order valence-electron chi connectivity index (χ0n) is 10.8. The Kier molecular flexibility index (Phi) is 4.22. The molecular formula is C15H15BrFNO. The van der Waals surface area contributed by atoms with E-state index in [-0.39, 0.29) is 11.9 Å². The molecule has 0 saturated heterocycles. The van der Waals surface area contributed by atoms with Crippen molar-refractivity contribution in [2.45, 2.75) is 19.9 Å². The smallest absolute Gasteiger partial charge is 0.132 e. The van der Waals surface area contributed by atoms with E-state index in [1.165, 1.54) is 12.1 Å². The fourth-order valence-corrected chi connectivity index (χ4v) is 2.02. The number of nitrogens with two attached hydrogens (primary N) is 1. The highest BCUT2D eigenvalue weighted by Crippen LogP contribution is 2.31. The third kappa shape index (κ3) is 3.33. The van der Waals surface area contributed by atoms with E-state index >= 15 is 0 Å². The largest absolute Gasteiger partial charge is 0.457 e. The molecular weight excluding hydrogens is 309 g/mol. The van der Waals surface area contributed by atoms with Crippen molar-refractivity contribution in [1.29, 1.82) is 0 Å². The number of ether oxygens (including phenoxy) is 1. The molecule has 0 aliphatic heterocycles. The van der Waals surface area contributed by atoms with E-state index < -0.39 is 0 Å². The van der Waals surface area contributed by atoms with Crippen molar-refractivity contribution < 1.29 is 9.13 Å². The molecule has 0 unspecified atom stereocenters. The maximum atomic E-state index is 13.2. The van der Waals surface area contributed by atoms with E-state index in [0.717, 1.165) is 10.0 Å². The fraction of sp³-hybridized carbons (Fsp3) is 0.200. The molecule has 2 aromatic rings. The zero-order chi connectivity index (χ0) is 14.0. The number of aryl methyl sites for hydroxylation is 1. The third-order valence-corrected chi connectivity index (χ3v) is 3.71. The molecule has 0 heterocycles. The van der Waals surface area contributed by atoms with E-state index in [4.69, 9.17) is 10.5 Å². The fourth-order valence-electron chi connectivity index (χ4n) is 1.78. The van der Waals surface area contributed by atoms with Crippen LogP contribution in [0.3, 0.4) is 0 Å². The average Bonchev–Trinajstić information content (AvgIpc) is 2.36. The summed E-state index contributed by atoms with van der Waals surface area (Å²) in [6, 6.07) is 9.77. The first kappa shape index (κ1) is 14.0. The highest BCUT2D eigenvalue weighted by atomic mass is 79.9. The van der Waals surface area contributed by atoms with Gasteiger partial charge in [-0.05, 0) is 55.8 Å². The molecule has 0 aromatic heterocycles. The Hall–Kier alpha value is -1.39. The van der Waals surface area contributed by atoms with E-state index in [9.17, 15) is 4.39 Å². The standard InChI is InChI=1S/C15H15BrFNO/c1-9-7-12(4-5-14(9)16)19-15-6-3-11(17)8-13(15)10(2)18/h3-8,10H,18H2,1-2H3/t10-/m0/s1. The van der Waals surface area contributed by atoms with E-state index in [1.54, 1.807) is 13.0 Å². The Morgan fingerprint density at radius 1 is 1.21 bits per heavy atom. The minimum atomic E-state index is -0.313. The van der Waals surface area contributed by atoms with Crippen LogP contribution in [-0.4, -0.2) is 0 Å². The summed E-state index contributed by atoms with van der Waals surface area (Å²) < 4.78 is 20.1. The van der Waals surface area contributed by atoms with Crippen LogP contribution in [0.5, 0.6) is 11.5 Å². The molecule has 1 atom stereocenters. The second kappa shape index (κ2) is 5.72. The molecule has 2 rings (SSSR count). The molecule has 0 fully saturated rings. The van der Waals surface area contributed by atoms with Gasteiger partial charge in [0, 0.05) is 16.1 Å². The van der Waals surface area contributed by atoms with Crippen molar-refractivity contribution in [3.05, 3.63) is 57.8 Å². The number of rotatable bonds is 3. The number of halogens is 2. The number of hydrogen-bond acceptors (Lipinski definition) is 2. The maximum absolute atomic E-state index is 13.2. The summed E-state index contributed by atoms with van der Waals surface area (Å²) in [5, 5.41) is 0. The highest BCUT2D eigenvalue weighted by Gasteiger charge is 2.11. The molecule has 19 heavy (non-hydrogen) atoms. The molecule has 0 amide bonds. The van der Waals surface area contributed by atoms with Crippen LogP contribution in [0.4, 0.5) is 4.39 Å². The number of benzene rings is 2. The first-order valence-corrected chi connectivity index (χ1v) is 6.75. The van der Waals surface area contributed by atoms with E-state index in [0.29, 0.717) is 17.1 Å². The van der Waals surface area contributed by atoms with E-state index in [1.807, 2.05) is 25.1 Å². The lowest BCUT2D eigenvalue weighted by molar-refractivity contribution is 0.468. The Bertz CT molecular complexity index is 599. The van der Waals surface area contributed by atoms with Crippen molar-refractivity contribution >= 4 is 15.9 Å². The Balaban J connectivity index is 2.35. The van der Waals surface area contributed by atoms with Crippen LogP contribution in [0, 0.1) is 12.7 Å². The SMILES string of the molecule is Cc1cc(Oc2ccc(F)cc2[C@H](C)N)ccc1Br. The number of hydrogen-bond donors (Lipinski definition) is 1. The second-order valence-corrected chi connectivity index (χ2v) is 5.34. The van der Waals surface area contributed by atoms with Gasteiger partial charge in [-0.25, -0.2) is 4.39 Å². The van der Waals surface area contributed by atoms with Gasteiger partial charge < -0.3 is 10.5 Å². The first-order valence-electron chi connectivity index (χ1n) is 5.96. The van der Waals surface area contributed by atoms with Crippen molar-refractivity contribution in [2.24, 2.45) is 5.73 Å². The molecule has 0 aliphatic carbocycles. The summed E-state index contributed by atoms with van der Waals surface area (Å²) in [4.78, 5) is 0. The molecule has 2 aromatic carbocycles. The van der Waals surface area contributed by atoms with Crippen LogP contribution in [0.15, 0.2) is 40.9 Å². The molecule has 0 radical (unpaired) electrons. The summed E-state index contributed by atoms with van der Waals surface area (Å²) in [5.41, 5.74) is 7.56. The highest BCUT2D eigenvalue weighted by molar-refractivity contribution is 9.10. The van der Waals surface area contributed by atoms with Gasteiger partial charge in [-0.15, -0.1) is 0 Å². The zero-order valence-corrected chi connectivity index (χ0v) is 12.4. The lowest BCUT2D eigenvalue weighted by Crippen LogP contribution is -2.07. The minimum absolute atomic E-state index is 0.290. The van der Waals surface area contributed by atoms with Crippen molar-refractivity contribution in [3.63, 3.8) is 0 Å². The summed E-state index contributed by atoms with van der Waals surface area (Å²) in [5.74, 6) is 0.971. The van der Waals surface area contributed by atoms with Crippen LogP contribution in [0.25, 0.3) is 0 Å². The summed E-state index contributed by atoms with van der Waals surface area (Å²) in [7, 11) is 0.